The van der Waals surface area contributed by atoms with E-state index in [-0.39, 0.29) is 5.69 Å². The monoisotopic (exact) mass is 371 g/mol. The molecule has 0 aliphatic heterocycles. The summed E-state index contributed by atoms with van der Waals surface area (Å²) >= 11 is 4.80. The summed E-state index contributed by atoms with van der Waals surface area (Å²) in [6.45, 7) is 0.508. The highest BCUT2D eigenvalue weighted by Crippen LogP contribution is 2.29. The molecule has 7 nitrogen and oxygen atoms in total. The number of anilines is 2. The maximum absolute atomic E-state index is 11.2. The highest BCUT2D eigenvalue weighted by Gasteiger charge is 2.20. The number of thiazole rings is 1. The van der Waals surface area contributed by atoms with Crippen LogP contribution in [0, 0.1) is 10.1 Å². The second kappa shape index (κ2) is 6.35. The van der Waals surface area contributed by atoms with Gasteiger partial charge in [-0.15, -0.1) is 11.3 Å². The van der Waals surface area contributed by atoms with Crippen molar-refractivity contribution in [2.75, 3.05) is 30.9 Å². The van der Waals surface area contributed by atoms with Gasteiger partial charge in [0, 0.05) is 38.3 Å². The number of rotatable bonds is 5. The SMILES string of the molecule is CN(C)c1ccc([N+](=O)[O-])c(N(C)Cc2cnc(Br)s2)n1. The van der Waals surface area contributed by atoms with Gasteiger partial charge in [0.1, 0.15) is 5.82 Å². The molecule has 0 aliphatic rings. The predicted molar refractivity (Wildman–Crippen MR) is 87.1 cm³/mol. The van der Waals surface area contributed by atoms with Crippen molar-refractivity contribution in [1.82, 2.24) is 9.97 Å². The van der Waals surface area contributed by atoms with Crippen molar-refractivity contribution in [2.24, 2.45) is 0 Å². The molecule has 0 N–H and O–H groups in total. The number of nitro groups is 1. The molecule has 21 heavy (non-hydrogen) atoms. The minimum absolute atomic E-state index is 0.00770. The molecule has 0 bridgehead atoms. The van der Waals surface area contributed by atoms with Gasteiger partial charge >= 0.3 is 5.69 Å². The lowest BCUT2D eigenvalue weighted by Gasteiger charge is -2.19. The fraction of sp³-hybridized carbons (Fsp3) is 0.333. The fourth-order valence-corrected chi connectivity index (χ4v) is 3.18. The lowest BCUT2D eigenvalue weighted by Crippen LogP contribution is -2.20. The summed E-state index contributed by atoms with van der Waals surface area (Å²) in [4.78, 5) is 23.8. The second-order valence-corrected chi connectivity index (χ2v) is 6.99. The van der Waals surface area contributed by atoms with Crippen LogP contribution >= 0.6 is 27.3 Å². The van der Waals surface area contributed by atoms with Gasteiger partial charge in [0.25, 0.3) is 0 Å². The lowest BCUT2D eigenvalue weighted by molar-refractivity contribution is -0.384. The molecule has 0 saturated heterocycles. The van der Waals surface area contributed by atoms with E-state index in [1.165, 1.54) is 17.4 Å². The number of hydrogen-bond donors (Lipinski definition) is 0. The molecule has 2 heterocycles. The molecule has 0 fully saturated rings. The molecule has 2 aromatic rings. The van der Waals surface area contributed by atoms with Crippen molar-refractivity contribution in [3.8, 4) is 0 Å². The Morgan fingerprint density at radius 2 is 2.10 bits per heavy atom. The summed E-state index contributed by atoms with van der Waals surface area (Å²) in [5, 5.41) is 11.2. The van der Waals surface area contributed by atoms with E-state index < -0.39 is 4.92 Å². The van der Waals surface area contributed by atoms with Crippen LogP contribution in [0.2, 0.25) is 0 Å². The summed E-state index contributed by atoms with van der Waals surface area (Å²) in [7, 11) is 5.47. The molecule has 112 valence electrons. The Hall–Kier alpha value is -1.74. The summed E-state index contributed by atoms with van der Waals surface area (Å²) in [6, 6.07) is 3.12. The van der Waals surface area contributed by atoms with E-state index >= 15 is 0 Å². The molecule has 0 unspecified atom stereocenters. The largest absolute Gasteiger partial charge is 0.363 e. The third-order valence-corrected chi connectivity index (χ3v) is 4.24. The highest BCUT2D eigenvalue weighted by atomic mass is 79.9. The molecule has 0 spiro atoms. The predicted octanol–water partition coefficient (Wildman–Crippen LogP) is 2.91. The van der Waals surface area contributed by atoms with E-state index in [9.17, 15) is 10.1 Å². The molecule has 2 aromatic heterocycles. The van der Waals surface area contributed by atoms with Gasteiger partial charge in [0.15, 0.2) is 3.92 Å². The van der Waals surface area contributed by atoms with Gasteiger partial charge in [-0.3, -0.25) is 10.1 Å². The van der Waals surface area contributed by atoms with E-state index in [0.717, 1.165) is 8.79 Å². The Morgan fingerprint density at radius 1 is 1.38 bits per heavy atom. The third kappa shape index (κ3) is 3.67. The minimum Gasteiger partial charge on any atom is -0.363 e. The molecule has 0 aliphatic carbocycles. The van der Waals surface area contributed by atoms with Gasteiger partial charge in [-0.25, -0.2) is 9.97 Å². The smallest absolute Gasteiger partial charge is 0.311 e. The Bertz CT molecular complexity index is 661. The van der Waals surface area contributed by atoms with Crippen LogP contribution in [0.4, 0.5) is 17.3 Å². The number of aromatic nitrogens is 2. The zero-order valence-corrected chi connectivity index (χ0v) is 14.2. The zero-order chi connectivity index (χ0) is 15.6. The van der Waals surface area contributed by atoms with Gasteiger partial charge in [-0.05, 0) is 22.0 Å². The summed E-state index contributed by atoms with van der Waals surface area (Å²) < 4.78 is 0.787. The normalized spacial score (nSPS) is 10.5. The van der Waals surface area contributed by atoms with Crippen LogP contribution in [0.5, 0.6) is 0 Å². The van der Waals surface area contributed by atoms with E-state index in [2.05, 4.69) is 25.9 Å². The molecule has 0 radical (unpaired) electrons. The Morgan fingerprint density at radius 3 is 2.62 bits per heavy atom. The molecule has 0 amide bonds. The van der Waals surface area contributed by atoms with Crippen LogP contribution in [0.3, 0.4) is 0 Å². The average Bonchev–Trinajstić information content (AvgIpc) is 2.83. The molecular formula is C12H14BrN5O2S. The summed E-state index contributed by atoms with van der Waals surface area (Å²) in [5.41, 5.74) is -0.00770. The van der Waals surface area contributed by atoms with Crippen LogP contribution in [0.1, 0.15) is 4.88 Å². The van der Waals surface area contributed by atoms with Gasteiger partial charge < -0.3 is 9.80 Å². The zero-order valence-electron chi connectivity index (χ0n) is 11.8. The van der Waals surface area contributed by atoms with Gasteiger partial charge in [0.05, 0.1) is 11.5 Å². The van der Waals surface area contributed by atoms with Crippen LogP contribution in [0.15, 0.2) is 22.2 Å². The van der Waals surface area contributed by atoms with E-state index in [0.29, 0.717) is 18.2 Å². The number of nitrogens with zero attached hydrogens (tertiary/aromatic N) is 5. The van der Waals surface area contributed by atoms with Crippen LogP contribution < -0.4 is 9.80 Å². The van der Waals surface area contributed by atoms with Crippen molar-refractivity contribution >= 4 is 44.6 Å². The first-order chi connectivity index (χ1) is 9.88. The second-order valence-electron chi connectivity index (χ2n) is 4.60. The summed E-state index contributed by atoms with van der Waals surface area (Å²) in [6.07, 6.45) is 1.74. The third-order valence-electron chi connectivity index (χ3n) is 2.77. The quantitative estimate of drug-likeness (QED) is 0.594. The van der Waals surface area contributed by atoms with E-state index in [4.69, 9.17) is 0 Å². The lowest BCUT2D eigenvalue weighted by atomic mass is 10.3. The van der Waals surface area contributed by atoms with Crippen LogP contribution in [-0.4, -0.2) is 36.0 Å². The van der Waals surface area contributed by atoms with Crippen molar-refractivity contribution in [3.05, 3.63) is 37.2 Å². The molecule has 2 rings (SSSR count). The molecule has 0 saturated carbocycles. The number of halogens is 1. The van der Waals surface area contributed by atoms with E-state index in [1.807, 2.05) is 19.0 Å². The van der Waals surface area contributed by atoms with Gasteiger partial charge in [-0.1, -0.05) is 0 Å². The van der Waals surface area contributed by atoms with Gasteiger partial charge in [-0.2, -0.15) is 0 Å². The van der Waals surface area contributed by atoms with Crippen molar-refractivity contribution in [3.63, 3.8) is 0 Å². The van der Waals surface area contributed by atoms with Crippen molar-refractivity contribution in [2.45, 2.75) is 6.54 Å². The van der Waals surface area contributed by atoms with Crippen molar-refractivity contribution in [1.29, 1.82) is 0 Å². The molecule has 0 atom stereocenters. The molecule has 0 aromatic carbocycles. The Balaban J connectivity index is 2.34. The number of hydrogen-bond acceptors (Lipinski definition) is 7. The van der Waals surface area contributed by atoms with Crippen LogP contribution in [-0.2, 0) is 6.54 Å². The Kier molecular flexibility index (Phi) is 4.73. The standard InChI is InChI=1S/C12H14BrN5O2S/c1-16(2)10-5-4-9(18(19)20)11(15-10)17(3)7-8-6-14-12(13)21-8/h4-6H,7H2,1-3H3. The van der Waals surface area contributed by atoms with Crippen LogP contribution in [0.25, 0.3) is 0 Å². The minimum atomic E-state index is -0.416. The molecular weight excluding hydrogens is 358 g/mol. The van der Waals surface area contributed by atoms with Gasteiger partial charge in [0.2, 0.25) is 5.82 Å². The maximum atomic E-state index is 11.2. The highest BCUT2D eigenvalue weighted by molar-refractivity contribution is 9.11. The fourth-order valence-electron chi connectivity index (χ4n) is 1.77. The average molecular weight is 372 g/mol. The first kappa shape index (κ1) is 15.6. The molecule has 9 heteroatoms. The first-order valence-corrected chi connectivity index (χ1v) is 7.63. The topological polar surface area (TPSA) is 75.4 Å². The first-order valence-electron chi connectivity index (χ1n) is 6.02. The Labute approximate surface area is 134 Å². The number of pyridine rings is 1. The van der Waals surface area contributed by atoms with E-state index in [1.54, 1.807) is 24.2 Å². The maximum Gasteiger partial charge on any atom is 0.311 e. The summed E-state index contributed by atoms with van der Waals surface area (Å²) in [5.74, 6) is 1.02. The van der Waals surface area contributed by atoms with Crippen molar-refractivity contribution < 1.29 is 4.92 Å².